The molecule has 2 heterocycles. The van der Waals surface area contributed by atoms with Crippen LogP contribution in [0.5, 0.6) is 0 Å². The van der Waals surface area contributed by atoms with Crippen LogP contribution in [0.1, 0.15) is 43.7 Å². The summed E-state index contributed by atoms with van der Waals surface area (Å²) in [6.45, 7) is 9.59. The predicted molar refractivity (Wildman–Crippen MR) is 90.8 cm³/mol. The lowest BCUT2D eigenvalue weighted by Crippen LogP contribution is -2.50. The van der Waals surface area contributed by atoms with Crippen LogP contribution in [0.3, 0.4) is 0 Å². The fourth-order valence-corrected chi connectivity index (χ4v) is 2.77. The van der Waals surface area contributed by atoms with Gasteiger partial charge in [-0.3, -0.25) is 4.79 Å². The van der Waals surface area contributed by atoms with Crippen molar-refractivity contribution in [1.29, 1.82) is 0 Å². The van der Waals surface area contributed by atoms with Gasteiger partial charge in [0.05, 0.1) is 31.1 Å². The molecule has 134 valence electrons. The van der Waals surface area contributed by atoms with E-state index in [1.165, 1.54) is 5.57 Å². The van der Waals surface area contributed by atoms with Gasteiger partial charge in [0.1, 0.15) is 5.76 Å². The van der Waals surface area contributed by atoms with E-state index in [9.17, 15) is 4.79 Å². The van der Waals surface area contributed by atoms with Crippen LogP contribution in [0.2, 0.25) is 0 Å². The quantitative estimate of drug-likeness (QED) is 0.774. The Bertz CT molecular complexity index is 556. The van der Waals surface area contributed by atoms with E-state index in [0.717, 1.165) is 23.4 Å². The number of ether oxygens (including phenoxy) is 2. The lowest BCUT2D eigenvalue weighted by atomic mass is 10.0. The van der Waals surface area contributed by atoms with Crippen LogP contribution in [-0.2, 0) is 20.7 Å². The molecule has 6 heteroatoms. The Morgan fingerprint density at radius 2 is 2.21 bits per heavy atom. The molecule has 24 heavy (non-hydrogen) atoms. The van der Waals surface area contributed by atoms with E-state index in [2.05, 4.69) is 10.5 Å². The fraction of sp³-hybridized carbons (Fsp3) is 0.667. The van der Waals surface area contributed by atoms with Gasteiger partial charge >= 0.3 is 0 Å². The minimum Gasteiger partial charge on any atom is -0.379 e. The molecule has 1 saturated heterocycles. The largest absolute Gasteiger partial charge is 0.379 e. The summed E-state index contributed by atoms with van der Waals surface area (Å²) in [4.78, 5) is 12.3. The zero-order valence-electron chi connectivity index (χ0n) is 15.1. The van der Waals surface area contributed by atoms with Crippen molar-refractivity contribution in [2.24, 2.45) is 0 Å². The third-order valence-electron chi connectivity index (χ3n) is 4.22. The highest BCUT2D eigenvalue weighted by Gasteiger charge is 2.27. The number of amides is 1. The fourth-order valence-electron chi connectivity index (χ4n) is 2.77. The molecule has 0 aliphatic carbocycles. The van der Waals surface area contributed by atoms with E-state index >= 15 is 0 Å². The minimum absolute atomic E-state index is 0.00122. The van der Waals surface area contributed by atoms with Gasteiger partial charge in [-0.05, 0) is 40.5 Å². The first-order valence-corrected chi connectivity index (χ1v) is 8.51. The molecular weight excluding hydrogens is 308 g/mol. The first-order valence-electron chi connectivity index (χ1n) is 8.51. The number of aromatic nitrogens is 1. The Morgan fingerprint density at radius 1 is 1.42 bits per heavy atom. The number of hydrogen-bond acceptors (Lipinski definition) is 5. The molecule has 2 atom stereocenters. The molecule has 0 aromatic carbocycles. The normalized spacial score (nSPS) is 20.7. The van der Waals surface area contributed by atoms with E-state index in [0.29, 0.717) is 32.7 Å². The van der Waals surface area contributed by atoms with Crippen LogP contribution >= 0.6 is 0 Å². The molecule has 6 nitrogen and oxygen atoms in total. The topological polar surface area (TPSA) is 73.6 Å². The molecule has 2 rings (SSSR count). The van der Waals surface area contributed by atoms with E-state index in [4.69, 9.17) is 14.0 Å². The Morgan fingerprint density at radius 3 is 2.88 bits per heavy atom. The number of aryl methyl sites for hydroxylation is 2. The summed E-state index contributed by atoms with van der Waals surface area (Å²) < 4.78 is 16.5. The van der Waals surface area contributed by atoms with Crippen molar-refractivity contribution < 1.29 is 18.8 Å². The molecule has 1 aromatic heterocycles. The predicted octanol–water partition coefficient (Wildman–Crippen LogP) is 2.48. The molecule has 0 radical (unpaired) electrons. The lowest BCUT2D eigenvalue weighted by molar-refractivity contribution is -0.125. The van der Waals surface area contributed by atoms with Crippen LogP contribution in [-0.4, -0.2) is 43.0 Å². The number of nitrogens with zero attached hydrogens (tertiary/aromatic N) is 1. The number of allylic oxidation sites excluding steroid dienone is 1. The highest BCUT2D eigenvalue weighted by atomic mass is 16.5. The summed E-state index contributed by atoms with van der Waals surface area (Å²) in [7, 11) is 0. The van der Waals surface area contributed by atoms with E-state index in [1.54, 1.807) is 0 Å². The van der Waals surface area contributed by atoms with Crippen LogP contribution in [0.4, 0.5) is 0 Å². The number of hydrogen-bond donors (Lipinski definition) is 1. The molecule has 1 fully saturated rings. The molecule has 1 aliphatic heterocycles. The Kier molecular flexibility index (Phi) is 6.99. The highest BCUT2D eigenvalue weighted by Crippen LogP contribution is 2.15. The van der Waals surface area contributed by atoms with Crippen molar-refractivity contribution in [3.8, 4) is 0 Å². The van der Waals surface area contributed by atoms with Gasteiger partial charge in [-0.1, -0.05) is 16.8 Å². The van der Waals surface area contributed by atoms with Crippen LogP contribution in [0, 0.1) is 13.8 Å². The summed E-state index contributed by atoms with van der Waals surface area (Å²) in [5.41, 5.74) is 3.09. The van der Waals surface area contributed by atoms with Gasteiger partial charge in [-0.2, -0.15) is 0 Å². The maximum atomic E-state index is 12.3. The van der Waals surface area contributed by atoms with Crippen molar-refractivity contribution >= 4 is 5.91 Å². The van der Waals surface area contributed by atoms with Gasteiger partial charge < -0.3 is 19.3 Å². The minimum atomic E-state index is -0.0959. The molecule has 0 unspecified atom stereocenters. The molecular formula is C18H28N2O4. The van der Waals surface area contributed by atoms with Crippen molar-refractivity contribution in [3.63, 3.8) is 0 Å². The number of carbonyl (C=O) groups is 1. The summed E-state index contributed by atoms with van der Waals surface area (Å²) in [6, 6.07) is -0.0959. The zero-order valence-corrected chi connectivity index (χ0v) is 15.1. The molecule has 1 N–H and O–H groups in total. The second kappa shape index (κ2) is 8.99. The number of carbonyl (C=O) groups excluding carboxylic acids is 1. The number of rotatable bonds is 7. The second-order valence-electron chi connectivity index (χ2n) is 6.49. The molecule has 0 bridgehead atoms. The number of nitrogens with one attached hydrogen (secondary N) is 1. The monoisotopic (exact) mass is 336 g/mol. The van der Waals surface area contributed by atoms with Crippen molar-refractivity contribution in [2.75, 3.05) is 19.8 Å². The molecule has 1 amide bonds. The smallest absolute Gasteiger partial charge is 0.220 e. The SMILES string of the molecule is CC(C)=CCO[C@@H]1CCOC[C@@H]1NC(=O)CCc1c(C)noc1C. The van der Waals surface area contributed by atoms with Crippen molar-refractivity contribution in [1.82, 2.24) is 10.5 Å². The average Bonchev–Trinajstić information content (AvgIpc) is 2.85. The first kappa shape index (κ1) is 18.7. The molecule has 0 spiro atoms. The van der Waals surface area contributed by atoms with E-state index in [1.807, 2.05) is 33.8 Å². The van der Waals surface area contributed by atoms with Gasteiger partial charge in [0, 0.05) is 18.6 Å². The second-order valence-corrected chi connectivity index (χ2v) is 6.49. The van der Waals surface area contributed by atoms with E-state index in [-0.39, 0.29) is 18.1 Å². The van der Waals surface area contributed by atoms with Gasteiger partial charge in [-0.25, -0.2) is 0 Å². The Balaban J connectivity index is 1.83. The van der Waals surface area contributed by atoms with Crippen molar-refractivity contribution in [2.45, 2.75) is 59.1 Å². The van der Waals surface area contributed by atoms with Crippen molar-refractivity contribution in [3.05, 3.63) is 28.7 Å². The summed E-state index contributed by atoms with van der Waals surface area (Å²) in [6.07, 6.45) is 3.87. The van der Waals surface area contributed by atoms with Gasteiger partial charge in [0.15, 0.2) is 0 Å². The Labute approximate surface area is 143 Å². The molecule has 0 saturated carbocycles. The first-order chi connectivity index (χ1) is 11.5. The molecule has 1 aromatic rings. The average molecular weight is 336 g/mol. The van der Waals surface area contributed by atoms with Gasteiger partial charge in [-0.15, -0.1) is 0 Å². The maximum absolute atomic E-state index is 12.3. The molecule has 1 aliphatic rings. The third-order valence-corrected chi connectivity index (χ3v) is 4.22. The van der Waals surface area contributed by atoms with E-state index < -0.39 is 0 Å². The van der Waals surface area contributed by atoms with Gasteiger partial charge in [0.2, 0.25) is 5.91 Å². The summed E-state index contributed by atoms with van der Waals surface area (Å²) in [5.74, 6) is 0.783. The third kappa shape index (κ3) is 5.46. The lowest BCUT2D eigenvalue weighted by Gasteiger charge is -2.32. The zero-order chi connectivity index (χ0) is 17.5. The highest BCUT2D eigenvalue weighted by molar-refractivity contribution is 5.76. The Hall–Kier alpha value is -1.66. The van der Waals surface area contributed by atoms with Crippen LogP contribution < -0.4 is 5.32 Å². The van der Waals surface area contributed by atoms with Gasteiger partial charge in [0.25, 0.3) is 0 Å². The maximum Gasteiger partial charge on any atom is 0.220 e. The van der Waals surface area contributed by atoms with Crippen LogP contribution in [0.25, 0.3) is 0 Å². The standard InChI is InChI=1S/C18H28N2O4/c1-12(2)7-10-23-17-8-9-22-11-16(17)19-18(21)6-5-15-13(3)20-24-14(15)4/h7,16-17H,5-6,8-11H2,1-4H3,(H,19,21)/t16-,17+/m0/s1. The summed E-state index contributed by atoms with van der Waals surface area (Å²) in [5, 5.41) is 6.97. The van der Waals surface area contributed by atoms with Crippen LogP contribution in [0.15, 0.2) is 16.2 Å². The summed E-state index contributed by atoms with van der Waals surface area (Å²) >= 11 is 0.